The number of methoxy groups -OCH3 is 1. The van der Waals surface area contributed by atoms with Gasteiger partial charge in [-0.25, -0.2) is 9.67 Å². The summed E-state index contributed by atoms with van der Waals surface area (Å²) in [5, 5.41) is 17.3. The van der Waals surface area contributed by atoms with E-state index in [1.807, 2.05) is 28.9 Å². The van der Waals surface area contributed by atoms with E-state index >= 15 is 0 Å². The molecule has 10 nitrogen and oxygen atoms in total. The molecule has 0 saturated heterocycles. The molecule has 0 fully saturated rings. The minimum absolute atomic E-state index is 0.101. The molecule has 0 atom stereocenters. The summed E-state index contributed by atoms with van der Waals surface area (Å²) in [4.78, 5) is 35.8. The van der Waals surface area contributed by atoms with Crippen molar-refractivity contribution in [1.29, 1.82) is 0 Å². The van der Waals surface area contributed by atoms with Gasteiger partial charge >= 0.3 is 0 Å². The number of hydrogen-bond donors (Lipinski definition) is 2. The van der Waals surface area contributed by atoms with Crippen molar-refractivity contribution in [3.63, 3.8) is 0 Å². The van der Waals surface area contributed by atoms with Crippen molar-refractivity contribution in [3.8, 4) is 27.5 Å². The van der Waals surface area contributed by atoms with E-state index in [-0.39, 0.29) is 12.5 Å². The zero-order chi connectivity index (χ0) is 26.1. The molecule has 1 aromatic carbocycles. The standard InChI is InChI=1S/C26H26N6O4S/c1-31(2)25(35)15-6-9-20(17(11-15)14-36-3)32-23-18(22(30-32)16-5-4-10-27-12-16)7-8-19-24(23)37-26(28-19)29-21(34)13-33/h4-6,9-12,33H,7-8,13-14H2,1-3H3,(H,28,29,34). The summed E-state index contributed by atoms with van der Waals surface area (Å²) in [6, 6.07) is 9.36. The van der Waals surface area contributed by atoms with E-state index in [0.29, 0.717) is 23.5 Å². The number of aliphatic hydroxyl groups is 1. The van der Waals surface area contributed by atoms with Crippen molar-refractivity contribution < 1.29 is 19.4 Å². The molecule has 3 aromatic heterocycles. The highest BCUT2D eigenvalue weighted by Crippen LogP contribution is 2.44. The molecule has 3 heterocycles. The van der Waals surface area contributed by atoms with E-state index in [4.69, 9.17) is 14.9 Å². The number of ether oxygens (including phenoxy) is 1. The Morgan fingerprint density at radius 1 is 1.24 bits per heavy atom. The third-order valence-corrected chi connectivity index (χ3v) is 7.11. The number of carbonyl (C=O) groups excluding carboxylic acids is 2. The minimum atomic E-state index is -0.614. The van der Waals surface area contributed by atoms with Crippen molar-refractivity contribution in [2.24, 2.45) is 0 Å². The van der Waals surface area contributed by atoms with Gasteiger partial charge in [0.1, 0.15) is 6.61 Å². The predicted octanol–water partition coefficient (Wildman–Crippen LogP) is 2.94. The number of aromatic nitrogens is 4. The van der Waals surface area contributed by atoms with Gasteiger partial charge < -0.3 is 14.7 Å². The molecule has 190 valence electrons. The zero-order valence-corrected chi connectivity index (χ0v) is 21.5. The quantitative estimate of drug-likeness (QED) is 0.386. The highest BCUT2D eigenvalue weighted by molar-refractivity contribution is 7.19. The first-order valence-corrected chi connectivity index (χ1v) is 12.5. The van der Waals surface area contributed by atoms with Crippen molar-refractivity contribution in [2.45, 2.75) is 19.4 Å². The van der Waals surface area contributed by atoms with Crippen molar-refractivity contribution in [3.05, 3.63) is 65.1 Å². The van der Waals surface area contributed by atoms with Crippen LogP contribution >= 0.6 is 11.3 Å². The number of aryl methyl sites for hydroxylation is 1. The minimum Gasteiger partial charge on any atom is -0.387 e. The fraction of sp³-hybridized carbons (Fsp3) is 0.269. The van der Waals surface area contributed by atoms with E-state index in [9.17, 15) is 9.59 Å². The molecule has 0 saturated carbocycles. The topological polar surface area (TPSA) is 122 Å². The van der Waals surface area contributed by atoms with Crippen LogP contribution in [0.3, 0.4) is 0 Å². The fourth-order valence-electron chi connectivity index (χ4n) is 4.45. The molecule has 0 unspecified atom stereocenters. The molecule has 1 aliphatic carbocycles. The van der Waals surface area contributed by atoms with Crippen molar-refractivity contribution in [2.75, 3.05) is 33.1 Å². The van der Waals surface area contributed by atoms with Gasteiger partial charge in [0.25, 0.3) is 11.8 Å². The normalized spacial score (nSPS) is 12.1. The van der Waals surface area contributed by atoms with Gasteiger partial charge in [0, 0.05) is 55.9 Å². The molecule has 2 N–H and O–H groups in total. The molecular formula is C26H26N6O4S. The molecule has 37 heavy (non-hydrogen) atoms. The van der Waals surface area contributed by atoms with Gasteiger partial charge in [-0.05, 0) is 43.2 Å². The summed E-state index contributed by atoms with van der Waals surface area (Å²) in [5.41, 5.74) is 6.66. The first-order valence-electron chi connectivity index (χ1n) is 11.7. The van der Waals surface area contributed by atoms with E-state index < -0.39 is 12.5 Å². The van der Waals surface area contributed by atoms with Gasteiger partial charge in [0.2, 0.25) is 0 Å². The van der Waals surface area contributed by atoms with E-state index in [0.717, 1.165) is 44.3 Å². The van der Waals surface area contributed by atoms with Crippen LogP contribution in [0, 0.1) is 0 Å². The number of nitrogens with zero attached hydrogens (tertiary/aromatic N) is 5. The number of fused-ring (bicyclic) bond motifs is 3. The van der Waals surface area contributed by atoms with Crippen LogP contribution < -0.4 is 5.32 Å². The molecule has 0 aliphatic heterocycles. The van der Waals surface area contributed by atoms with Gasteiger partial charge in [-0.1, -0.05) is 11.3 Å². The third-order valence-electron chi connectivity index (χ3n) is 6.09. The molecule has 1 aliphatic rings. The maximum Gasteiger partial charge on any atom is 0.253 e. The molecular weight excluding hydrogens is 492 g/mol. The Balaban J connectivity index is 1.72. The van der Waals surface area contributed by atoms with Crippen LogP contribution in [0.2, 0.25) is 0 Å². The van der Waals surface area contributed by atoms with E-state index in [1.54, 1.807) is 39.7 Å². The lowest BCUT2D eigenvalue weighted by molar-refractivity contribution is -0.118. The Bertz CT molecular complexity index is 1480. The number of thiazole rings is 1. The van der Waals surface area contributed by atoms with Gasteiger partial charge in [-0.15, -0.1) is 0 Å². The lowest BCUT2D eigenvalue weighted by Crippen LogP contribution is -2.22. The van der Waals surface area contributed by atoms with Crippen LogP contribution in [0.4, 0.5) is 5.13 Å². The summed E-state index contributed by atoms with van der Waals surface area (Å²) in [7, 11) is 5.05. The molecule has 4 aromatic rings. The first-order chi connectivity index (χ1) is 17.9. The average molecular weight is 519 g/mol. The van der Waals surface area contributed by atoms with Gasteiger partial charge in [-0.3, -0.25) is 19.9 Å². The number of nitrogens with one attached hydrogen (secondary N) is 1. The number of pyridine rings is 1. The second-order valence-corrected chi connectivity index (χ2v) is 9.81. The number of amides is 2. The van der Waals surface area contributed by atoms with Crippen LogP contribution in [-0.4, -0.2) is 69.4 Å². The largest absolute Gasteiger partial charge is 0.387 e. The van der Waals surface area contributed by atoms with Crippen molar-refractivity contribution in [1.82, 2.24) is 24.6 Å². The second kappa shape index (κ2) is 10.2. The number of benzene rings is 1. The smallest absolute Gasteiger partial charge is 0.253 e. The average Bonchev–Trinajstić information content (AvgIpc) is 3.49. The maximum absolute atomic E-state index is 12.6. The van der Waals surface area contributed by atoms with Crippen LogP contribution in [-0.2, 0) is 29.0 Å². The second-order valence-electron chi connectivity index (χ2n) is 8.81. The molecule has 0 radical (unpaired) electrons. The summed E-state index contributed by atoms with van der Waals surface area (Å²) in [6.45, 7) is -0.328. The molecule has 5 rings (SSSR count). The summed E-state index contributed by atoms with van der Waals surface area (Å²) >= 11 is 1.35. The Labute approximate surface area is 217 Å². The van der Waals surface area contributed by atoms with Crippen molar-refractivity contribution >= 4 is 28.3 Å². The third kappa shape index (κ3) is 4.64. The molecule has 11 heteroatoms. The molecule has 0 spiro atoms. The summed E-state index contributed by atoms with van der Waals surface area (Å²) < 4.78 is 7.37. The molecule has 2 amide bonds. The Morgan fingerprint density at radius 3 is 2.78 bits per heavy atom. The van der Waals surface area contributed by atoms with E-state index in [2.05, 4.69) is 15.3 Å². The Morgan fingerprint density at radius 2 is 2.08 bits per heavy atom. The highest BCUT2D eigenvalue weighted by Gasteiger charge is 2.31. The number of rotatable bonds is 7. The van der Waals surface area contributed by atoms with Gasteiger partial charge in [0.15, 0.2) is 5.13 Å². The Hall–Kier alpha value is -3.93. The molecule has 0 bridgehead atoms. The SMILES string of the molecule is COCc1cc(C(=O)N(C)C)ccc1-n1nc(-c2cccnc2)c2c1-c1sc(NC(=O)CO)nc1CC2. The predicted molar refractivity (Wildman–Crippen MR) is 140 cm³/mol. The number of carbonyl (C=O) groups is 2. The summed E-state index contributed by atoms with van der Waals surface area (Å²) in [5.74, 6) is -0.615. The zero-order valence-electron chi connectivity index (χ0n) is 20.7. The Kier molecular flexibility index (Phi) is 6.83. The number of aliphatic hydroxyl groups excluding tert-OH is 1. The van der Waals surface area contributed by atoms with E-state index in [1.165, 1.54) is 16.2 Å². The lowest BCUT2D eigenvalue weighted by Gasteiger charge is -2.17. The monoisotopic (exact) mass is 518 g/mol. The number of anilines is 1. The lowest BCUT2D eigenvalue weighted by atomic mass is 9.95. The van der Waals surface area contributed by atoms with Crippen LogP contribution in [0.25, 0.3) is 27.5 Å². The maximum atomic E-state index is 12.6. The van der Waals surface area contributed by atoms with Crippen LogP contribution in [0.5, 0.6) is 0 Å². The van der Waals surface area contributed by atoms with Crippen LogP contribution in [0.15, 0.2) is 42.7 Å². The summed E-state index contributed by atoms with van der Waals surface area (Å²) in [6.07, 6.45) is 4.91. The van der Waals surface area contributed by atoms with Gasteiger partial charge in [0.05, 0.1) is 34.3 Å². The highest BCUT2D eigenvalue weighted by atomic mass is 32.1. The van der Waals surface area contributed by atoms with Crippen LogP contribution in [0.1, 0.15) is 27.2 Å². The number of hydrogen-bond acceptors (Lipinski definition) is 8. The fourth-order valence-corrected chi connectivity index (χ4v) is 5.53. The van der Waals surface area contributed by atoms with Gasteiger partial charge in [-0.2, -0.15) is 5.10 Å². The first kappa shape index (κ1) is 24.8.